The van der Waals surface area contributed by atoms with Crippen LogP contribution in [0.3, 0.4) is 0 Å². The maximum atomic E-state index is 12.0. The molecule has 0 bridgehead atoms. The van der Waals surface area contributed by atoms with Crippen molar-refractivity contribution < 1.29 is 19.4 Å². The minimum atomic E-state index is -1.41. The Morgan fingerprint density at radius 3 is 2.48 bits per heavy atom. The molecule has 0 saturated heterocycles. The average Bonchev–Trinajstić information content (AvgIpc) is 2.25. The van der Waals surface area contributed by atoms with Crippen LogP contribution in [0.5, 0.6) is 0 Å². The number of carboxylic acids is 1. The summed E-state index contributed by atoms with van der Waals surface area (Å²) in [6.45, 7) is 5.02. The van der Waals surface area contributed by atoms with Crippen LogP contribution in [0.1, 0.15) is 26.3 Å². The van der Waals surface area contributed by atoms with E-state index in [0.29, 0.717) is 5.02 Å². The molecule has 0 aromatic heterocycles. The molecule has 5 nitrogen and oxygen atoms in total. The van der Waals surface area contributed by atoms with Gasteiger partial charge in [-0.3, -0.25) is 9.59 Å². The summed E-state index contributed by atoms with van der Waals surface area (Å²) in [6.07, 6.45) is 0.219. The van der Waals surface area contributed by atoms with Gasteiger partial charge in [-0.05, 0) is 44.9 Å². The van der Waals surface area contributed by atoms with E-state index in [2.05, 4.69) is 0 Å². The minimum absolute atomic E-state index is 0.219. The van der Waals surface area contributed by atoms with Crippen LogP contribution in [-0.2, 0) is 20.7 Å². The van der Waals surface area contributed by atoms with Gasteiger partial charge >= 0.3 is 11.9 Å². The van der Waals surface area contributed by atoms with Crippen molar-refractivity contribution in [3.63, 3.8) is 0 Å². The monoisotopic (exact) mass is 313 g/mol. The molecule has 0 radical (unpaired) electrons. The Balaban J connectivity index is 2.85. The van der Waals surface area contributed by atoms with Gasteiger partial charge in [-0.1, -0.05) is 23.7 Å². The number of esters is 1. The number of carbonyl (C=O) groups excluding carboxylic acids is 1. The molecule has 0 fully saturated rings. The van der Waals surface area contributed by atoms with E-state index in [1.807, 2.05) is 0 Å². The number of halogens is 1. The summed E-state index contributed by atoms with van der Waals surface area (Å²) < 4.78 is 5.12. The number of aliphatic carboxylic acids is 1. The van der Waals surface area contributed by atoms with Gasteiger partial charge in [0.1, 0.15) is 5.60 Å². The molecule has 6 heteroatoms. The van der Waals surface area contributed by atoms with Crippen molar-refractivity contribution in [3.8, 4) is 0 Å². The van der Waals surface area contributed by atoms with Crippen LogP contribution < -0.4 is 5.73 Å². The Morgan fingerprint density at radius 1 is 1.38 bits per heavy atom. The van der Waals surface area contributed by atoms with E-state index in [1.54, 1.807) is 45.0 Å². The molecule has 2 atom stereocenters. The first-order valence-electron chi connectivity index (χ1n) is 6.56. The van der Waals surface area contributed by atoms with Gasteiger partial charge in [-0.15, -0.1) is 0 Å². The zero-order valence-corrected chi connectivity index (χ0v) is 13.1. The van der Waals surface area contributed by atoms with E-state index in [9.17, 15) is 14.7 Å². The number of carbonyl (C=O) groups is 2. The highest BCUT2D eigenvalue weighted by molar-refractivity contribution is 6.30. The van der Waals surface area contributed by atoms with Crippen molar-refractivity contribution in [3.05, 3.63) is 34.9 Å². The van der Waals surface area contributed by atoms with E-state index in [4.69, 9.17) is 22.1 Å². The third-order valence-corrected chi connectivity index (χ3v) is 2.95. The number of carboxylic acid groups (broad SMARTS) is 1. The van der Waals surface area contributed by atoms with Crippen LogP contribution >= 0.6 is 11.6 Å². The van der Waals surface area contributed by atoms with Crippen LogP contribution in [0.15, 0.2) is 24.3 Å². The van der Waals surface area contributed by atoms with Gasteiger partial charge in [0.05, 0.1) is 0 Å². The SMILES string of the molecule is CC(C)(C)OC(=O)[C@H](C(=O)O)C(N)Cc1cccc(Cl)c1. The molecule has 1 rings (SSSR count). The first-order valence-corrected chi connectivity index (χ1v) is 6.93. The summed E-state index contributed by atoms with van der Waals surface area (Å²) in [7, 11) is 0. The molecule has 0 heterocycles. The molecule has 21 heavy (non-hydrogen) atoms. The zero-order valence-electron chi connectivity index (χ0n) is 12.3. The van der Waals surface area contributed by atoms with Crippen molar-refractivity contribution in [2.45, 2.75) is 38.8 Å². The molecule has 0 aliphatic heterocycles. The molecule has 1 unspecified atom stereocenters. The topological polar surface area (TPSA) is 89.6 Å². The number of hydrogen-bond donors (Lipinski definition) is 2. The Morgan fingerprint density at radius 2 is 2.00 bits per heavy atom. The molecule has 1 aromatic carbocycles. The number of hydrogen-bond acceptors (Lipinski definition) is 4. The normalized spacial score (nSPS) is 14.3. The van der Waals surface area contributed by atoms with Crippen LogP contribution in [0, 0.1) is 5.92 Å². The van der Waals surface area contributed by atoms with Gasteiger partial charge in [-0.25, -0.2) is 0 Å². The Kier molecular flexibility index (Phi) is 5.75. The first kappa shape index (κ1) is 17.5. The maximum Gasteiger partial charge on any atom is 0.322 e. The van der Waals surface area contributed by atoms with Crippen molar-refractivity contribution in [1.29, 1.82) is 0 Å². The summed E-state index contributed by atoms with van der Waals surface area (Å²) in [6, 6.07) is 6.03. The maximum absolute atomic E-state index is 12.0. The van der Waals surface area contributed by atoms with E-state index >= 15 is 0 Å². The lowest BCUT2D eigenvalue weighted by molar-refractivity contribution is -0.167. The van der Waals surface area contributed by atoms with Crippen molar-refractivity contribution in [2.24, 2.45) is 11.7 Å². The van der Waals surface area contributed by atoms with Gasteiger partial charge in [0.25, 0.3) is 0 Å². The summed E-state index contributed by atoms with van der Waals surface area (Å²) in [5, 5.41) is 9.77. The lowest BCUT2D eigenvalue weighted by atomic mass is 9.94. The third-order valence-electron chi connectivity index (χ3n) is 2.72. The molecule has 0 amide bonds. The third kappa shape index (κ3) is 5.73. The van der Waals surface area contributed by atoms with E-state index in [0.717, 1.165) is 5.56 Å². The molecule has 3 N–H and O–H groups in total. The first-order chi connectivity index (χ1) is 9.60. The van der Waals surface area contributed by atoms with Crippen molar-refractivity contribution in [2.75, 3.05) is 0 Å². The second-order valence-electron chi connectivity index (χ2n) is 5.85. The standard InChI is InChI=1S/C15H20ClNO4/c1-15(2,3)21-14(20)12(13(18)19)11(17)8-9-5-4-6-10(16)7-9/h4-7,11-12H,8,17H2,1-3H3,(H,18,19)/t11?,12-/m0/s1. The quantitative estimate of drug-likeness (QED) is 0.643. The fraction of sp³-hybridized carbons (Fsp3) is 0.467. The van der Waals surface area contributed by atoms with Crippen molar-refractivity contribution in [1.82, 2.24) is 0 Å². The second-order valence-corrected chi connectivity index (χ2v) is 6.28. The summed E-state index contributed by atoms with van der Waals surface area (Å²) in [5.74, 6) is -3.54. The molecule has 0 spiro atoms. The Bertz CT molecular complexity index is 525. The van der Waals surface area contributed by atoms with Crippen LogP contribution in [0.25, 0.3) is 0 Å². The summed E-state index contributed by atoms with van der Waals surface area (Å²) in [5.41, 5.74) is 5.90. The van der Waals surface area contributed by atoms with Crippen molar-refractivity contribution >= 4 is 23.5 Å². The molecule has 0 aliphatic rings. The van der Waals surface area contributed by atoms with Crippen LogP contribution in [0.2, 0.25) is 5.02 Å². The number of ether oxygens (including phenoxy) is 1. The lowest BCUT2D eigenvalue weighted by Gasteiger charge is -2.25. The molecule has 1 aromatic rings. The minimum Gasteiger partial charge on any atom is -0.481 e. The van der Waals surface area contributed by atoms with E-state index in [1.165, 1.54) is 0 Å². The fourth-order valence-electron chi connectivity index (χ4n) is 1.88. The second kappa shape index (κ2) is 6.91. The fourth-order valence-corrected chi connectivity index (χ4v) is 2.09. The highest BCUT2D eigenvalue weighted by Crippen LogP contribution is 2.18. The molecule has 0 aliphatic carbocycles. The average molecular weight is 314 g/mol. The number of benzene rings is 1. The molecular weight excluding hydrogens is 294 g/mol. The number of nitrogens with two attached hydrogens (primary N) is 1. The predicted octanol–water partition coefficient (Wildman–Crippen LogP) is 2.25. The van der Waals surface area contributed by atoms with Gasteiger partial charge < -0.3 is 15.6 Å². The predicted molar refractivity (Wildman–Crippen MR) is 80.1 cm³/mol. The van der Waals surface area contributed by atoms with Gasteiger partial charge in [0.2, 0.25) is 0 Å². The lowest BCUT2D eigenvalue weighted by Crippen LogP contribution is -2.45. The Hall–Kier alpha value is -1.59. The highest BCUT2D eigenvalue weighted by atomic mass is 35.5. The van der Waals surface area contributed by atoms with Crippen LogP contribution in [0.4, 0.5) is 0 Å². The zero-order chi connectivity index (χ0) is 16.2. The van der Waals surface area contributed by atoms with Crippen LogP contribution in [-0.4, -0.2) is 28.7 Å². The van der Waals surface area contributed by atoms with Gasteiger partial charge in [0, 0.05) is 11.1 Å². The van der Waals surface area contributed by atoms with Gasteiger partial charge in [-0.2, -0.15) is 0 Å². The highest BCUT2D eigenvalue weighted by Gasteiger charge is 2.36. The molecule has 0 saturated carbocycles. The molecular formula is C15H20ClNO4. The van der Waals surface area contributed by atoms with E-state index < -0.39 is 29.5 Å². The summed E-state index contributed by atoms with van der Waals surface area (Å²) in [4.78, 5) is 23.3. The summed E-state index contributed by atoms with van der Waals surface area (Å²) >= 11 is 5.87. The molecule has 116 valence electrons. The Labute approximate surface area is 129 Å². The van der Waals surface area contributed by atoms with E-state index in [-0.39, 0.29) is 6.42 Å². The smallest absolute Gasteiger partial charge is 0.322 e. The number of rotatable bonds is 5. The van der Waals surface area contributed by atoms with Gasteiger partial charge in [0.15, 0.2) is 5.92 Å². The largest absolute Gasteiger partial charge is 0.481 e.